The molecular weight excluding hydrogens is 292 g/mol. The lowest BCUT2D eigenvalue weighted by atomic mass is 9.60. The second kappa shape index (κ2) is 8.08. The van der Waals surface area contributed by atoms with E-state index < -0.39 is 0 Å². The highest BCUT2D eigenvalue weighted by Gasteiger charge is 2.43. The van der Waals surface area contributed by atoms with Gasteiger partial charge >= 0.3 is 0 Å². The number of allylic oxidation sites excluding steroid dienone is 1. The molecule has 0 amide bonds. The summed E-state index contributed by atoms with van der Waals surface area (Å²) in [4.78, 5) is 0. The molecule has 0 radical (unpaired) electrons. The molecule has 0 aromatic heterocycles. The smallest absolute Gasteiger partial charge is 0.0463 e. The third-order valence-electron chi connectivity index (χ3n) is 7.10. The van der Waals surface area contributed by atoms with Gasteiger partial charge in [0.25, 0.3) is 0 Å². The van der Waals surface area contributed by atoms with Crippen LogP contribution in [0.3, 0.4) is 0 Å². The third-order valence-corrected chi connectivity index (χ3v) is 7.10. The molecule has 2 nitrogen and oxygen atoms in total. The maximum atomic E-state index is 7.00. The largest absolute Gasteiger partial charge is 0.401 e. The van der Waals surface area contributed by atoms with Gasteiger partial charge in [0.15, 0.2) is 0 Å². The number of unbranched alkanes of at least 4 members (excludes halogenated alkanes) is 1. The van der Waals surface area contributed by atoms with E-state index in [0.717, 1.165) is 5.92 Å². The predicted molar refractivity (Wildman–Crippen MR) is 103 cm³/mol. The molecular formula is C22H38N2. The van der Waals surface area contributed by atoms with E-state index in [2.05, 4.69) is 19.1 Å². The summed E-state index contributed by atoms with van der Waals surface area (Å²) in [7, 11) is 0. The molecule has 3 rings (SSSR count). The second-order valence-corrected chi connectivity index (χ2v) is 8.57. The van der Waals surface area contributed by atoms with Gasteiger partial charge in [0.05, 0.1) is 0 Å². The Morgan fingerprint density at radius 3 is 2.25 bits per heavy atom. The molecule has 0 heterocycles. The summed E-state index contributed by atoms with van der Waals surface area (Å²) >= 11 is 0. The van der Waals surface area contributed by atoms with Crippen molar-refractivity contribution in [3.63, 3.8) is 0 Å². The molecule has 0 bridgehead atoms. The lowest BCUT2D eigenvalue weighted by Crippen LogP contribution is -2.43. The van der Waals surface area contributed by atoms with Crippen LogP contribution in [0.4, 0.5) is 0 Å². The minimum absolute atomic E-state index is 0.0615. The first kappa shape index (κ1) is 18.0. The van der Waals surface area contributed by atoms with E-state index >= 15 is 0 Å². The zero-order valence-corrected chi connectivity index (χ0v) is 15.7. The average Bonchev–Trinajstić information content (AvgIpc) is 2.63. The Kier molecular flexibility index (Phi) is 6.07. The Balaban J connectivity index is 1.95. The van der Waals surface area contributed by atoms with Gasteiger partial charge in [-0.05, 0) is 49.5 Å². The lowest BCUT2D eigenvalue weighted by Gasteiger charge is -2.46. The van der Waals surface area contributed by atoms with Gasteiger partial charge in [0.1, 0.15) is 0 Å². The van der Waals surface area contributed by atoms with E-state index in [0.29, 0.717) is 5.92 Å². The van der Waals surface area contributed by atoms with E-state index in [4.69, 9.17) is 11.5 Å². The Bertz CT molecular complexity index is 466. The van der Waals surface area contributed by atoms with Crippen LogP contribution < -0.4 is 11.5 Å². The van der Waals surface area contributed by atoms with E-state index in [1.165, 1.54) is 94.7 Å². The zero-order valence-electron chi connectivity index (χ0n) is 15.7. The van der Waals surface area contributed by atoms with E-state index in [1.54, 1.807) is 0 Å². The first-order chi connectivity index (χ1) is 11.7. The number of hydrogen-bond donors (Lipinski definition) is 2. The van der Waals surface area contributed by atoms with Gasteiger partial charge in [-0.15, -0.1) is 0 Å². The summed E-state index contributed by atoms with van der Waals surface area (Å²) in [6.07, 6.45) is 22.1. The first-order valence-electron chi connectivity index (χ1n) is 10.6. The quantitative estimate of drug-likeness (QED) is 0.660. The van der Waals surface area contributed by atoms with Crippen LogP contribution >= 0.6 is 0 Å². The molecule has 0 aliphatic heterocycles. The fourth-order valence-electron chi connectivity index (χ4n) is 5.69. The molecule has 3 aliphatic rings. The standard InChI is InChI=1S/C22H38N2/c1-2-3-15-22(18-12-8-5-9-13-18)16-14-19(23)20(21(22)24)17-10-6-4-7-11-17/h14,16-19H,2-13,15,23-24H2,1H3. The molecule has 2 fully saturated rings. The van der Waals surface area contributed by atoms with Crippen LogP contribution in [0, 0.1) is 17.3 Å². The van der Waals surface area contributed by atoms with Crippen LogP contribution in [-0.4, -0.2) is 6.04 Å². The van der Waals surface area contributed by atoms with Gasteiger partial charge in [0.2, 0.25) is 0 Å². The first-order valence-corrected chi connectivity index (χ1v) is 10.6. The maximum Gasteiger partial charge on any atom is 0.0463 e. The minimum Gasteiger partial charge on any atom is -0.401 e. The molecule has 0 saturated heterocycles. The fourth-order valence-corrected chi connectivity index (χ4v) is 5.69. The summed E-state index contributed by atoms with van der Waals surface area (Å²) in [6, 6.07) is 0.0615. The molecule has 24 heavy (non-hydrogen) atoms. The van der Waals surface area contributed by atoms with Crippen LogP contribution in [0.1, 0.15) is 90.4 Å². The molecule has 2 atom stereocenters. The predicted octanol–water partition coefficient (Wildman–Crippen LogP) is 5.43. The lowest BCUT2D eigenvalue weighted by molar-refractivity contribution is 0.182. The monoisotopic (exact) mass is 330 g/mol. The highest BCUT2D eigenvalue weighted by molar-refractivity contribution is 5.39. The normalized spacial score (nSPS) is 33.2. The van der Waals surface area contributed by atoms with Crippen molar-refractivity contribution in [2.24, 2.45) is 28.7 Å². The summed E-state index contributed by atoms with van der Waals surface area (Å²) < 4.78 is 0. The SMILES string of the molecule is CCCCC1(C2CCCCC2)C=CC(N)C(C2CCCCC2)=C1N. The average molecular weight is 331 g/mol. The third kappa shape index (κ3) is 3.45. The van der Waals surface area contributed by atoms with Crippen LogP contribution in [0.25, 0.3) is 0 Å². The van der Waals surface area contributed by atoms with Crippen LogP contribution in [0.5, 0.6) is 0 Å². The van der Waals surface area contributed by atoms with Crippen molar-refractivity contribution >= 4 is 0 Å². The molecule has 2 heteroatoms. The Labute approximate surface area is 149 Å². The van der Waals surface area contributed by atoms with E-state index in [-0.39, 0.29) is 11.5 Å². The van der Waals surface area contributed by atoms with Crippen LogP contribution in [-0.2, 0) is 0 Å². The summed E-state index contributed by atoms with van der Waals surface area (Å²) in [5.41, 5.74) is 16.3. The van der Waals surface area contributed by atoms with E-state index in [1.807, 2.05) is 0 Å². The summed E-state index contributed by atoms with van der Waals surface area (Å²) in [5, 5.41) is 0. The van der Waals surface area contributed by atoms with Gasteiger partial charge in [-0.25, -0.2) is 0 Å². The molecule has 0 aromatic carbocycles. The highest BCUT2D eigenvalue weighted by Crippen LogP contribution is 2.51. The van der Waals surface area contributed by atoms with Gasteiger partial charge in [-0.1, -0.05) is 70.4 Å². The summed E-state index contributed by atoms with van der Waals surface area (Å²) in [5.74, 6) is 1.38. The highest BCUT2D eigenvalue weighted by atomic mass is 14.7. The van der Waals surface area contributed by atoms with Crippen molar-refractivity contribution in [3.05, 3.63) is 23.4 Å². The number of nitrogens with two attached hydrogens (primary N) is 2. The molecule has 2 unspecified atom stereocenters. The topological polar surface area (TPSA) is 52.0 Å². The zero-order chi connectivity index (χ0) is 17.0. The Morgan fingerprint density at radius 2 is 1.62 bits per heavy atom. The van der Waals surface area contributed by atoms with Gasteiger partial charge < -0.3 is 11.5 Å². The molecule has 3 aliphatic carbocycles. The van der Waals surface area contributed by atoms with Crippen LogP contribution in [0.15, 0.2) is 23.4 Å². The Hall–Kier alpha value is -0.760. The molecule has 4 N–H and O–H groups in total. The fraction of sp³-hybridized carbons (Fsp3) is 0.818. The number of rotatable bonds is 5. The summed E-state index contributed by atoms with van der Waals surface area (Å²) in [6.45, 7) is 2.30. The molecule has 136 valence electrons. The molecule has 0 spiro atoms. The second-order valence-electron chi connectivity index (χ2n) is 8.57. The van der Waals surface area contributed by atoms with Crippen molar-refractivity contribution in [1.29, 1.82) is 0 Å². The van der Waals surface area contributed by atoms with Crippen molar-refractivity contribution in [1.82, 2.24) is 0 Å². The molecule has 0 aromatic rings. The van der Waals surface area contributed by atoms with Gasteiger partial charge in [0, 0.05) is 17.2 Å². The van der Waals surface area contributed by atoms with Gasteiger partial charge in [-0.2, -0.15) is 0 Å². The number of hydrogen-bond acceptors (Lipinski definition) is 2. The van der Waals surface area contributed by atoms with Crippen molar-refractivity contribution < 1.29 is 0 Å². The minimum atomic E-state index is 0.0615. The van der Waals surface area contributed by atoms with Crippen molar-refractivity contribution in [2.75, 3.05) is 0 Å². The van der Waals surface area contributed by atoms with Gasteiger partial charge in [-0.3, -0.25) is 0 Å². The maximum absolute atomic E-state index is 7.00. The molecule has 2 saturated carbocycles. The van der Waals surface area contributed by atoms with E-state index in [9.17, 15) is 0 Å². The Morgan fingerprint density at radius 1 is 1.00 bits per heavy atom. The van der Waals surface area contributed by atoms with Crippen LogP contribution in [0.2, 0.25) is 0 Å². The van der Waals surface area contributed by atoms with Crippen molar-refractivity contribution in [3.8, 4) is 0 Å². The van der Waals surface area contributed by atoms with Crippen molar-refractivity contribution in [2.45, 2.75) is 96.4 Å².